The summed E-state index contributed by atoms with van der Waals surface area (Å²) in [5, 5.41) is 0. The van der Waals surface area contributed by atoms with Gasteiger partial charge in [-0.1, -0.05) is 6.92 Å². The third-order valence-corrected chi connectivity index (χ3v) is 4.68. The monoisotopic (exact) mass is 234 g/mol. The van der Waals surface area contributed by atoms with Crippen LogP contribution < -0.4 is 0 Å². The lowest BCUT2D eigenvalue weighted by atomic mass is 10.2. The average molecular weight is 234 g/mol. The molecular weight excluding hydrogens is 215 g/mol. The van der Waals surface area contributed by atoms with E-state index in [4.69, 9.17) is 4.52 Å². The molecule has 5 heteroatoms. The van der Waals surface area contributed by atoms with Crippen LogP contribution in [0.4, 0.5) is 0 Å². The van der Waals surface area contributed by atoms with Gasteiger partial charge in [0.15, 0.2) is 5.78 Å². The van der Waals surface area contributed by atoms with Crippen molar-refractivity contribution in [1.82, 2.24) is 0 Å². The summed E-state index contributed by atoms with van der Waals surface area (Å²) >= 11 is 0. The molecule has 0 radical (unpaired) electrons. The molecule has 0 aromatic heterocycles. The fourth-order valence-electron chi connectivity index (χ4n) is 1.29. The molecule has 0 bridgehead atoms. The van der Waals surface area contributed by atoms with Gasteiger partial charge in [-0.15, -0.1) is 0 Å². The number of rotatable bonds is 6. The Labute approximate surface area is 90.6 Å². The first-order valence-corrected chi connectivity index (χ1v) is 7.07. The molecule has 15 heavy (non-hydrogen) atoms. The number of Topliss-reactive ketones (excluding diaryl/α,β-unsaturated/α-hetero) is 1. The Hall–Kier alpha value is -0.180. The van der Waals surface area contributed by atoms with Gasteiger partial charge in [0.1, 0.15) is 5.66 Å². The molecule has 3 atom stereocenters. The Kier molecular flexibility index (Phi) is 4.10. The van der Waals surface area contributed by atoms with Crippen molar-refractivity contribution in [2.45, 2.75) is 51.8 Å². The summed E-state index contributed by atoms with van der Waals surface area (Å²) in [5.41, 5.74) is -0.876. The summed E-state index contributed by atoms with van der Waals surface area (Å²) in [5.74, 6) is -0.120. The minimum atomic E-state index is -3.78. The van der Waals surface area contributed by atoms with Gasteiger partial charge in [-0.3, -0.25) is 9.36 Å². The molecule has 0 saturated heterocycles. The smallest absolute Gasteiger partial charge is 0.324 e. The number of ketones is 1. The van der Waals surface area contributed by atoms with E-state index in [9.17, 15) is 14.3 Å². The second-order valence-electron chi connectivity index (χ2n) is 4.24. The topological polar surface area (TPSA) is 63.6 Å². The molecule has 1 aliphatic rings. The molecule has 0 aromatic rings. The Morgan fingerprint density at radius 3 is 2.47 bits per heavy atom. The number of carbonyl (C=O) groups excluding carboxylic acids is 1. The van der Waals surface area contributed by atoms with Crippen LogP contribution in [0.5, 0.6) is 0 Å². The summed E-state index contributed by atoms with van der Waals surface area (Å²) in [6.45, 7) is 5.10. The van der Waals surface area contributed by atoms with Crippen LogP contribution in [-0.4, -0.2) is 22.4 Å². The molecule has 1 aliphatic carbocycles. The van der Waals surface area contributed by atoms with E-state index < -0.39 is 13.3 Å². The van der Waals surface area contributed by atoms with Gasteiger partial charge in [-0.25, -0.2) is 0 Å². The summed E-state index contributed by atoms with van der Waals surface area (Å²) in [6.07, 6.45) is 2.09. The van der Waals surface area contributed by atoms with Crippen molar-refractivity contribution in [3.05, 3.63) is 0 Å². The second-order valence-corrected chi connectivity index (χ2v) is 6.35. The van der Waals surface area contributed by atoms with Crippen molar-refractivity contribution in [2.75, 3.05) is 0 Å². The lowest BCUT2D eigenvalue weighted by Crippen LogP contribution is -2.22. The summed E-state index contributed by atoms with van der Waals surface area (Å²) in [7, 11) is -3.78. The zero-order valence-electron chi connectivity index (χ0n) is 9.47. The molecule has 0 amide bonds. The maximum atomic E-state index is 11.8. The fourth-order valence-corrected chi connectivity index (χ4v) is 2.67. The molecule has 0 heterocycles. The van der Waals surface area contributed by atoms with Gasteiger partial charge in [0.25, 0.3) is 0 Å². The van der Waals surface area contributed by atoms with E-state index >= 15 is 0 Å². The Bertz CT molecular complexity index is 285. The highest BCUT2D eigenvalue weighted by Gasteiger charge is 2.42. The van der Waals surface area contributed by atoms with E-state index in [2.05, 4.69) is 0 Å². The van der Waals surface area contributed by atoms with Crippen molar-refractivity contribution >= 4 is 13.4 Å². The van der Waals surface area contributed by atoms with Gasteiger partial charge in [0, 0.05) is 5.92 Å². The molecule has 1 rings (SSSR count). The molecular formula is C10H19O4P. The largest absolute Gasteiger partial charge is 0.338 e. The van der Waals surface area contributed by atoms with Gasteiger partial charge in [0.2, 0.25) is 0 Å². The van der Waals surface area contributed by atoms with E-state index in [0.29, 0.717) is 6.42 Å². The molecule has 0 aliphatic heterocycles. The van der Waals surface area contributed by atoms with Crippen LogP contribution in [0, 0.1) is 5.92 Å². The third-order valence-electron chi connectivity index (χ3n) is 2.79. The molecule has 1 saturated carbocycles. The molecule has 3 unspecified atom stereocenters. The van der Waals surface area contributed by atoms with Crippen molar-refractivity contribution in [1.29, 1.82) is 0 Å². The molecule has 1 N–H and O–H groups in total. The summed E-state index contributed by atoms with van der Waals surface area (Å²) < 4.78 is 16.8. The maximum Gasteiger partial charge on any atom is 0.338 e. The Balaban J connectivity index is 2.58. The van der Waals surface area contributed by atoms with Gasteiger partial charge in [0.05, 0.1) is 6.10 Å². The first kappa shape index (κ1) is 12.9. The summed E-state index contributed by atoms with van der Waals surface area (Å²) in [6, 6.07) is 0. The van der Waals surface area contributed by atoms with Crippen LogP contribution in [-0.2, 0) is 13.9 Å². The van der Waals surface area contributed by atoms with Crippen molar-refractivity contribution in [2.24, 2.45) is 5.92 Å². The number of hydrogen-bond acceptors (Lipinski definition) is 3. The minimum absolute atomic E-state index is 0.000933. The zero-order valence-corrected chi connectivity index (χ0v) is 10.4. The lowest BCUT2D eigenvalue weighted by molar-refractivity contribution is -0.119. The standard InChI is InChI=1S/C10H19O4P/c1-4-7(2)14-15(12,13)8(3)10(11)9-5-6-9/h7-9H,4-6H2,1-3H3,(H,12,13). The molecule has 88 valence electrons. The van der Waals surface area contributed by atoms with E-state index in [1.165, 1.54) is 6.92 Å². The van der Waals surface area contributed by atoms with Crippen LogP contribution in [0.1, 0.15) is 40.0 Å². The van der Waals surface area contributed by atoms with Crippen molar-refractivity contribution < 1.29 is 18.8 Å². The zero-order chi connectivity index (χ0) is 11.6. The molecule has 4 nitrogen and oxygen atoms in total. The predicted octanol–water partition coefficient (Wildman–Crippen LogP) is 2.35. The normalized spacial score (nSPS) is 24.3. The highest BCUT2D eigenvalue weighted by atomic mass is 31.2. The van der Waals surface area contributed by atoms with Crippen molar-refractivity contribution in [3.63, 3.8) is 0 Å². The highest BCUT2D eigenvalue weighted by Crippen LogP contribution is 2.51. The number of carbonyl (C=O) groups is 1. The van der Waals surface area contributed by atoms with E-state index in [-0.39, 0.29) is 17.8 Å². The summed E-state index contributed by atoms with van der Waals surface area (Å²) in [4.78, 5) is 21.3. The van der Waals surface area contributed by atoms with Crippen LogP contribution in [0.2, 0.25) is 0 Å². The van der Waals surface area contributed by atoms with Crippen LogP contribution in [0.25, 0.3) is 0 Å². The third kappa shape index (κ3) is 3.40. The Morgan fingerprint density at radius 2 is 2.07 bits per heavy atom. The van der Waals surface area contributed by atoms with E-state index in [1.807, 2.05) is 6.92 Å². The quantitative estimate of drug-likeness (QED) is 0.716. The van der Waals surface area contributed by atoms with Gasteiger partial charge >= 0.3 is 7.60 Å². The fraction of sp³-hybridized carbons (Fsp3) is 0.900. The molecule has 0 aromatic carbocycles. The minimum Gasteiger partial charge on any atom is -0.324 e. The number of hydrogen-bond donors (Lipinski definition) is 1. The molecule has 1 fully saturated rings. The average Bonchev–Trinajstić information content (AvgIpc) is 2.97. The van der Waals surface area contributed by atoms with Gasteiger partial charge in [-0.2, -0.15) is 0 Å². The van der Waals surface area contributed by atoms with Gasteiger partial charge < -0.3 is 9.42 Å². The molecule has 0 spiro atoms. The highest BCUT2D eigenvalue weighted by molar-refractivity contribution is 7.54. The Morgan fingerprint density at radius 1 is 1.53 bits per heavy atom. The van der Waals surface area contributed by atoms with Crippen LogP contribution in [0.15, 0.2) is 0 Å². The SMILES string of the molecule is CCC(C)OP(=O)(O)C(C)C(=O)C1CC1. The first-order chi connectivity index (χ1) is 6.88. The van der Waals surface area contributed by atoms with Crippen LogP contribution >= 0.6 is 7.60 Å². The van der Waals surface area contributed by atoms with Gasteiger partial charge in [-0.05, 0) is 33.1 Å². The van der Waals surface area contributed by atoms with E-state index in [0.717, 1.165) is 12.8 Å². The maximum absolute atomic E-state index is 11.8. The van der Waals surface area contributed by atoms with E-state index in [1.54, 1.807) is 6.92 Å². The first-order valence-electron chi connectivity index (χ1n) is 5.43. The lowest BCUT2D eigenvalue weighted by Gasteiger charge is -2.21. The van der Waals surface area contributed by atoms with Crippen molar-refractivity contribution in [3.8, 4) is 0 Å². The van der Waals surface area contributed by atoms with Crippen LogP contribution in [0.3, 0.4) is 0 Å². The predicted molar refractivity (Wildman–Crippen MR) is 57.9 cm³/mol. The second kappa shape index (κ2) is 4.77.